The molecule has 3 aromatic carbocycles. The second-order valence-corrected chi connectivity index (χ2v) is 6.02. The minimum Gasteiger partial charge on any atom is -0.322 e. The van der Waals surface area contributed by atoms with Gasteiger partial charge in [0.2, 0.25) is 0 Å². The monoisotopic (exact) mass is 402 g/mol. The number of hydrogen-bond acceptors (Lipinski definition) is 2. The molecule has 1 N–H and O–H groups in total. The molecule has 0 spiro atoms. The molecule has 1 amide bonds. The van der Waals surface area contributed by atoms with Crippen molar-refractivity contribution < 1.29 is 26.7 Å². The van der Waals surface area contributed by atoms with E-state index in [1.807, 2.05) is 0 Å². The highest BCUT2D eigenvalue weighted by Gasteiger charge is 2.34. The Labute approximate surface area is 162 Å². The lowest BCUT2D eigenvalue weighted by Gasteiger charge is -2.14. The Hall–Kier alpha value is -3.73. The number of nitrogens with zero attached hydrogens (tertiary/aromatic N) is 1. The fourth-order valence-electron chi connectivity index (χ4n) is 2.73. The van der Waals surface area contributed by atoms with Crippen LogP contribution < -0.4 is 5.32 Å². The zero-order valence-corrected chi connectivity index (χ0v) is 14.5. The van der Waals surface area contributed by atoms with Crippen LogP contribution in [0.2, 0.25) is 0 Å². The van der Waals surface area contributed by atoms with Crippen LogP contribution in [0, 0.1) is 23.0 Å². The maximum Gasteiger partial charge on any atom is 0.417 e. The Morgan fingerprint density at radius 2 is 1.55 bits per heavy atom. The molecular formula is C21H11F5N2O. The fraction of sp³-hybridized carbons (Fsp3) is 0.0476. The van der Waals surface area contributed by atoms with Crippen LogP contribution >= 0.6 is 0 Å². The summed E-state index contributed by atoms with van der Waals surface area (Å²) in [4.78, 5) is 12.6. The van der Waals surface area contributed by atoms with E-state index in [1.165, 1.54) is 30.3 Å². The molecule has 0 aromatic heterocycles. The summed E-state index contributed by atoms with van der Waals surface area (Å²) in [5.74, 6) is -2.07. The molecular weight excluding hydrogens is 391 g/mol. The predicted octanol–water partition coefficient (Wildman–Crippen LogP) is 5.77. The Kier molecular flexibility index (Phi) is 5.33. The number of alkyl halides is 3. The van der Waals surface area contributed by atoms with Crippen LogP contribution in [0.1, 0.15) is 21.5 Å². The highest BCUT2D eigenvalue weighted by molar-refractivity contribution is 6.08. The summed E-state index contributed by atoms with van der Waals surface area (Å²) in [6.45, 7) is 0. The van der Waals surface area contributed by atoms with Crippen molar-refractivity contribution in [2.75, 3.05) is 5.32 Å². The zero-order valence-electron chi connectivity index (χ0n) is 14.5. The Morgan fingerprint density at radius 3 is 2.17 bits per heavy atom. The van der Waals surface area contributed by atoms with Crippen molar-refractivity contribution in [2.24, 2.45) is 0 Å². The Bertz CT molecular complexity index is 1120. The summed E-state index contributed by atoms with van der Waals surface area (Å²) < 4.78 is 66.5. The first-order chi connectivity index (χ1) is 13.7. The highest BCUT2D eigenvalue weighted by Crippen LogP contribution is 2.36. The van der Waals surface area contributed by atoms with Crippen molar-refractivity contribution in [3.8, 4) is 17.2 Å². The molecule has 0 aliphatic heterocycles. The molecule has 0 saturated heterocycles. The van der Waals surface area contributed by atoms with Gasteiger partial charge in [-0.3, -0.25) is 4.79 Å². The number of hydrogen-bond donors (Lipinski definition) is 1. The van der Waals surface area contributed by atoms with Gasteiger partial charge < -0.3 is 5.32 Å². The molecule has 3 nitrogen and oxygen atoms in total. The van der Waals surface area contributed by atoms with E-state index in [4.69, 9.17) is 5.26 Å². The van der Waals surface area contributed by atoms with Gasteiger partial charge in [-0.1, -0.05) is 12.1 Å². The van der Waals surface area contributed by atoms with E-state index < -0.39 is 34.8 Å². The minimum atomic E-state index is -4.78. The number of benzene rings is 3. The van der Waals surface area contributed by atoms with Crippen LogP contribution in [0.15, 0.2) is 60.7 Å². The molecule has 146 valence electrons. The second kappa shape index (κ2) is 7.72. The maximum atomic E-state index is 13.7. The van der Waals surface area contributed by atoms with E-state index in [0.717, 1.165) is 36.4 Å². The molecule has 0 aliphatic rings. The number of nitrogens with one attached hydrogen (secondary N) is 1. The summed E-state index contributed by atoms with van der Waals surface area (Å²) in [5.41, 5.74) is -1.69. The Balaban J connectivity index is 2.07. The van der Waals surface area contributed by atoms with E-state index in [2.05, 4.69) is 5.32 Å². The number of rotatable bonds is 3. The first kappa shape index (κ1) is 20.0. The van der Waals surface area contributed by atoms with Crippen molar-refractivity contribution >= 4 is 11.6 Å². The number of halogens is 5. The summed E-state index contributed by atoms with van der Waals surface area (Å²) in [7, 11) is 0. The van der Waals surface area contributed by atoms with Crippen LogP contribution in [-0.2, 0) is 6.18 Å². The van der Waals surface area contributed by atoms with Gasteiger partial charge in [-0.15, -0.1) is 0 Å². The van der Waals surface area contributed by atoms with Crippen molar-refractivity contribution in [1.82, 2.24) is 0 Å². The SMILES string of the molecule is N#Cc1ccc(-c2ccc(F)cc2C(=O)Nc2ccc(F)cc2)cc1C(F)(F)F. The average Bonchev–Trinajstić information content (AvgIpc) is 2.68. The zero-order chi connectivity index (χ0) is 21.2. The summed E-state index contributed by atoms with van der Waals surface area (Å²) in [5, 5.41) is 11.4. The standard InChI is InChI=1S/C21H11F5N2O/c22-14-3-6-16(7-4-14)28-20(29)18-10-15(23)5-8-17(18)12-1-2-13(11-27)19(9-12)21(24,25)26/h1-10H,(H,28,29). The number of nitriles is 1. The number of amides is 1. The normalized spacial score (nSPS) is 11.0. The topological polar surface area (TPSA) is 52.9 Å². The third kappa shape index (κ3) is 4.41. The third-order valence-electron chi connectivity index (χ3n) is 4.08. The lowest BCUT2D eigenvalue weighted by atomic mass is 9.95. The van der Waals surface area contributed by atoms with Crippen molar-refractivity contribution in [3.05, 3.63) is 89.0 Å². The van der Waals surface area contributed by atoms with Gasteiger partial charge in [0.25, 0.3) is 5.91 Å². The molecule has 0 saturated carbocycles. The third-order valence-corrected chi connectivity index (χ3v) is 4.08. The van der Waals surface area contributed by atoms with Gasteiger partial charge in [0.05, 0.1) is 22.8 Å². The number of carbonyl (C=O) groups is 1. The summed E-state index contributed by atoms with van der Waals surface area (Å²) >= 11 is 0. The summed E-state index contributed by atoms with van der Waals surface area (Å²) in [6.07, 6.45) is -4.78. The molecule has 8 heteroatoms. The minimum absolute atomic E-state index is 0.0134. The molecule has 0 fully saturated rings. The number of anilines is 1. The van der Waals surface area contributed by atoms with Crippen molar-refractivity contribution in [2.45, 2.75) is 6.18 Å². The molecule has 3 rings (SSSR count). The average molecular weight is 402 g/mol. The van der Waals surface area contributed by atoms with Crippen LogP contribution in [-0.4, -0.2) is 5.91 Å². The van der Waals surface area contributed by atoms with Gasteiger partial charge in [0, 0.05) is 5.69 Å². The lowest BCUT2D eigenvalue weighted by Crippen LogP contribution is -2.14. The molecule has 3 aromatic rings. The van der Waals surface area contributed by atoms with Gasteiger partial charge in [-0.05, 0) is 59.7 Å². The van der Waals surface area contributed by atoms with E-state index in [0.29, 0.717) is 0 Å². The highest BCUT2D eigenvalue weighted by atomic mass is 19.4. The molecule has 0 radical (unpaired) electrons. The van der Waals surface area contributed by atoms with Crippen molar-refractivity contribution in [3.63, 3.8) is 0 Å². The Morgan fingerprint density at radius 1 is 0.897 bits per heavy atom. The predicted molar refractivity (Wildman–Crippen MR) is 95.9 cm³/mol. The molecule has 0 heterocycles. The molecule has 29 heavy (non-hydrogen) atoms. The molecule has 0 bridgehead atoms. The van der Waals surface area contributed by atoms with Gasteiger partial charge in [-0.25, -0.2) is 8.78 Å². The summed E-state index contributed by atoms with van der Waals surface area (Å²) in [6, 6.07) is 12.3. The molecule has 0 aliphatic carbocycles. The van der Waals surface area contributed by atoms with Crippen LogP contribution in [0.25, 0.3) is 11.1 Å². The van der Waals surface area contributed by atoms with Gasteiger partial charge in [0.1, 0.15) is 11.6 Å². The maximum absolute atomic E-state index is 13.7. The van der Waals surface area contributed by atoms with E-state index in [-0.39, 0.29) is 22.4 Å². The van der Waals surface area contributed by atoms with Gasteiger partial charge in [0.15, 0.2) is 0 Å². The smallest absolute Gasteiger partial charge is 0.322 e. The quantitative estimate of drug-likeness (QED) is 0.565. The van der Waals surface area contributed by atoms with Gasteiger partial charge in [-0.2, -0.15) is 18.4 Å². The molecule has 0 atom stereocenters. The van der Waals surface area contributed by atoms with Crippen LogP contribution in [0.5, 0.6) is 0 Å². The van der Waals surface area contributed by atoms with E-state index in [1.54, 1.807) is 0 Å². The largest absolute Gasteiger partial charge is 0.417 e. The van der Waals surface area contributed by atoms with Gasteiger partial charge >= 0.3 is 6.18 Å². The lowest BCUT2D eigenvalue weighted by molar-refractivity contribution is -0.137. The van der Waals surface area contributed by atoms with Crippen molar-refractivity contribution in [1.29, 1.82) is 5.26 Å². The molecule has 0 unspecified atom stereocenters. The first-order valence-corrected chi connectivity index (χ1v) is 8.17. The second-order valence-electron chi connectivity index (χ2n) is 6.02. The van der Waals surface area contributed by atoms with E-state index >= 15 is 0 Å². The van der Waals surface area contributed by atoms with E-state index in [9.17, 15) is 26.7 Å². The fourth-order valence-corrected chi connectivity index (χ4v) is 2.73. The number of carbonyl (C=O) groups excluding carboxylic acids is 1. The van der Waals surface area contributed by atoms with Crippen LogP contribution in [0.3, 0.4) is 0 Å². The van der Waals surface area contributed by atoms with Crippen LogP contribution in [0.4, 0.5) is 27.6 Å². The first-order valence-electron chi connectivity index (χ1n) is 8.17.